The first-order chi connectivity index (χ1) is 8.84. The van der Waals surface area contributed by atoms with Gasteiger partial charge in [0, 0.05) is 23.1 Å². The number of benzene rings is 1. The van der Waals surface area contributed by atoms with Gasteiger partial charge in [-0.15, -0.1) is 0 Å². The maximum absolute atomic E-state index is 9.81. The van der Waals surface area contributed by atoms with Crippen LogP contribution in [0.5, 0.6) is 0 Å². The first-order valence-corrected chi connectivity index (χ1v) is 6.54. The summed E-state index contributed by atoms with van der Waals surface area (Å²) in [5, 5.41) is 11.0. The normalized spacial score (nSPS) is 24.1. The minimum Gasteiger partial charge on any atom is -0.393 e. The number of aliphatic hydroxyl groups excluding tert-OH is 1. The summed E-state index contributed by atoms with van der Waals surface area (Å²) in [6.45, 7) is 0. The third-order valence-corrected chi connectivity index (χ3v) is 3.72. The highest BCUT2D eigenvalue weighted by molar-refractivity contribution is 5.86. The molecule has 1 N–H and O–H groups in total. The highest BCUT2D eigenvalue weighted by Gasteiger charge is 2.22. The van der Waals surface area contributed by atoms with Gasteiger partial charge < -0.3 is 5.11 Å². The Balaban J connectivity index is 1.92. The quantitative estimate of drug-likeness (QED) is 0.871. The third-order valence-electron chi connectivity index (χ3n) is 3.72. The zero-order valence-electron chi connectivity index (χ0n) is 10.3. The van der Waals surface area contributed by atoms with Gasteiger partial charge in [0.15, 0.2) is 0 Å². The average Bonchev–Trinajstić information content (AvgIpc) is 2.82. The molecule has 0 saturated heterocycles. The van der Waals surface area contributed by atoms with Crippen LogP contribution in [0.15, 0.2) is 42.6 Å². The predicted octanol–water partition coefficient (Wildman–Crippen LogP) is 3.41. The summed E-state index contributed by atoms with van der Waals surface area (Å²) in [4.78, 5) is 4.43. The lowest BCUT2D eigenvalue weighted by Crippen LogP contribution is -2.09. The number of hydrogen-bond acceptors (Lipinski definition) is 2. The van der Waals surface area contributed by atoms with Gasteiger partial charge in [0.25, 0.3) is 0 Å². The predicted molar refractivity (Wildman–Crippen MR) is 74.1 cm³/mol. The largest absolute Gasteiger partial charge is 0.393 e. The van der Waals surface area contributed by atoms with Crippen molar-refractivity contribution in [3.8, 4) is 0 Å². The Bertz CT molecular complexity index is 571. The molecular weight excluding hydrogens is 222 g/mol. The molecule has 3 rings (SSSR count). The first-order valence-electron chi connectivity index (χ1n) is 6.54. The summed E-state index contributed by atoms with van der Waals surface area (Å²) in [6, 6.07) is 10.2. The fourth-order valence-corrected chi connectivity index (χ4v) is 2.68. The molecule has 0 amide bonds. The van der Waals surface area contributed by atoms with Gasteiger partial charge in [0.2, 0.25) is 0 Å². The van der Waals surface area contributed by atoms with E-state index in [0.717, 1.165) is 35.7 Å². The number of hydrogen-bond donors (Lipinski definition) is 1. The second kappa shape index (κ2) is 4.91. The number of para-hydroxylation sites is 1. The summed E-state index contributed by atoms with van der Waals surface area (Å²) >= 11 is 0. The molecule has 1 aliphatic carbocycles. The van der Waals surface area contributed by atoms with Crippen LogP contribution in [0.25, 0.3) is 17.0 Å². The molecule has 0 radical (unpaired) electrons. The van der Waals surface area contributed by atoms with E-state index in [0.29, 0.717) is 5.92 Å². The van der Waals surface area contributed by atoms with Crippen molar-refractivity contribution >= 4 is 17.0 Å². The standard InChI is InChI=1S/C16H17NO/c18-15-8-2-4-12(15)9-10-14-6-1-5-13-7-3-11-17-16(13)14/h1,3,5-7,9-12,15,18H,2,4,8H2/b10-9+/t12-,15+/m0/s1. The van der Waals surface area contributed by atoms with Crippen molar-refractivity contribution in [1.82, 2.24) is 4.98 Å². The zero-order chi connectivity index (χ0) is 12.4. The fourth-order valence-electron chi connectivity index (χ4n) is 2.68. The summed E-state index contributed by atoms with van der Waals surface area (Å²) in [7, 11) is 0. The van der Waals surface area contributed by atoms with Crippen molar-refractivity contribution in [1.29, 1.82) is 0 Å². The van der Waals surface area contributed by atoms with E-state index in [2.05, 4.69) is 41.4 Å². The Morgan fingerprint density at radius 1 is 1.17 bits per heavy atom. The smallest absolute Gasteiger partial charge is 0.0774 e. The Hall–Kier alpha value is -1.67. The van der Waals surface area contributed by atoms with Gasteiger partial charge in [-0.2, -0.15) is 0 Å². The number of aliphatic hydroxyl groups is 1. The molecule has 1 fully saturated rings. The van der Waals surface area contributed by atoms with Crippen molar-refractivity contribution < 1.29 is 5.11 Å². The maximum Gasteiger partial charge on any atom is 0.0774 e. The Labute approximate surface area is 107 Å². The molecule has 2 heteroatoms. The Morgan fingerprint density at radius 3 is 2.89 bits per heavy atom. The lowest BCUT2D eigenvalue weighted by Gasteiger charge is -2.08. The molecule has 1 heterocycles. The Kier molecular flexibility index (Phi) is 3.11. The van der Waals surface area contributed by atoms with Crippen molar-refractivity contribution in [3.63, 3.8) is 0 Å². The van der Waals surface area contributed by atoms with Crippen LogP contribution in [-0.2, 0) is 0 Å². The number of nitrogens with zero attached hydrogens (tertiary/aromatic N) is 1. The monoisotopic (exact) mass is 239 g/mol. The van der Waals surface area contributed by atoms with Crippen molar-refractivity contribution in [2.24, 2.45) is 5.92 Å². The fraction of sp³-hybridized carbons (Fsp3) is 0.312. The van der Waals surface area contributed by atoms with Crippen LogP contribution < -0.4 is 0 Å². The SMILES string of the molecule is O[C@@H]1CCC[C@H]1/C=C/c1cccc2cccnc12. The second-order valence-electron chi connectivity index (χ2n) is 4.94. The molecule has 1 aromatic heterocycles. The minimum atomic E-state index is -0.163. The van der Waals surface area contributed by atoms with E-state index >= 15 is 0 Å². The van der Waals surface area contributed by atoms with E-state index in [1.165, 1.54) is 0 Å². The lowest BCUT2D eigenvalue weighted by molar-refractivity contribution is 0.153. The highest BCUT2D eigenvalue weighted by Crippen LogP contribution is 2.27. The van der Waals surface area contributed by atoms with Crippen molar-refractivity contribution in [3.05, 3.63) is 48.2 Å². The molecule has 1 aromatic carbocycles. The molecule has 1 aliphatic rings. The number of aromatic nitrogens is 1. The molecular formula is C16H17NO. The van der Waals surface area contributed by atoms with Gasteiger partial charge >= 0.3 is 0 Å². The molecule has 0 aliphatic heterocycles. The van der Waals surface area contributed by atoms with Gasteiger partial charge in [0.1, 0.15) is 0 Å². The van der Waals surface area contributed by atoms with Gasteiger partial charge in [-0.25, -0.2) is 0 Å². The molecule has 0 unspecified atom stereocenters. The van der Waals surface area contributed by atoms with Crippen LogP contribution in [0.3, 0.4) is 0 Å². The molecule has 0 spiro atoms. The van der Waals surface area contributed by atoms with E-state index in [1.807, 2.05) is 12.3 Å². The molecule has 18 heavy (non-hydrogen) atoms. The second-order valence-corrected chi connectivity index (χ2v) is 4.94. The zero-order valence-corrected chi connectivity index (χ0v) is 10.3. The van der Waals surface area contributed by atoms with Crippen LogP contribution in [0.1, 0.15) is 24.8 Å². The van der Waals surface area contributed by atoms with Crippen LogP contribution in [0.4, 0.5) is 0 Å². The minimum absolute atomic E-state index is 0.163. The van der Waals surface area contributed by atoms with Crippen molar-refractivity contribution in [2.45, 2.75) is 25.4 Å². The summed E-state index contributed by atoms with van der Waals surface area (Å²) in [5.41, 5.74) is 2.16. The van der Waals surface area contributed by atoms with Gasteiger partial charge in [-0.1, -0.05) is 42.8 Å². The highest BCUT2D eigenvalue weighted by atomic mass is 16.3. The van der Waals surface area contributed by atoms with Gasteiger partial charge in [-0.05, 0) is 18.9 Å². The van der Waals surface area contributed by atoms with Crippen LogP contribution in [-0.4, -0.2) is 16.2 Å². The molecule has 1 saturated carbocycles. The average molecular weight is 239 g/mol. The van der Waals surface area contributed by atoms with E-state index in [1.54, 1.807) is 0 Å². The number of pyridine rings is 1. The first kappa shape index (κ1) is 11.4. The van der Waals surface area contributed by atoms with Crippen LogP contribution in [0, 0.1) is 5.92 Å². The third kappa shape index (κ3) is 2.16. The maximum atomic E-state index is 9.81. The van der Waals surface area contributed by atoms with Gasteiger partial charge in [-0.3, -0.25) is 4.98 Å². The number of fused-ring (bicyclic) bond motifs is 1. The molecule has 2 atom stereocenters. The summed E-state index contributed by atoms with van der Waals surface area (Å²) < 4.78 is 0. The lowest BCUT2D eigenvalue weighted by atomic mass is 10.0. The topological polar surface area (TPSA) is 33.1 Å². The molecule has 2 nitrogen and oxygen atoms in total. The molecule has 0 bridgehead atoms. The number of rotatable bonds is 2. The van der Waals surface area contributed by atoms with E-state index in [4.69, 9.17) is 0 Å². The Morgan fingerprint density at radius 2 is 2.06 bits per heavy atom. The van der Waals surface area contributed by atoms with E-state index in [-0.39, 0.29) is 6.10 Å². The molecule has 2 aromatic rings. The van der Waals surface area contributed by atoms with Crippen LogP contribution in [0.2, 0.25) is 0 Å². The summed E-state index contributed by atoms with van der Waals surface area (Å²) in [5.74, 6) is 0.309. The van der Waals surface area contributed by atoms with E-state index < -0.39 is 0 Å². The molecule has 92 valence electrons. The van der Waals surface area contributed by atoms with Crippen LogP contribution >= 0.6 is 0 Å². The van der Waals surface area contributed by atoms with Crippen molar-refractivity contribution in [2.75, 3.05) is 0 Å². The van der Waals surface area contributed by atoms with E-state index in [9.17, 15) is 5.11 Å². The van der Waals surface area contributed by atoms with Gasteiger partial charge in [0.05, 0.1) is 11.6 Å². The summed E-state index contributed by atoms with van der Waals surface area (Å²) in [6.07, 6.45) is 9.06.